The normalized spacial score (nSPS) is 13.7. The van der Waals surface area contributed by atoms with Gasteiger partial charge in [0.25, 0.3) is 0 Å². The molecule has 1 aromatic heterocycles. The van der Waals surface area contributed by atoms with Crippen LogP contribution in [-0.4, -0.2) is 70.5 Å². The Morgan fingerprint density at radius 2 is 1.84 bits per heavy atom. The lowest BCUT2D eigenvalue weighted by Gasteiger charge is -2.21. The van der Waals surface area contributed by atoms with E-state index in [1.807, 2.05) is 30.5 Å². The number of aliphatic carboxylic acids is 1. The van der Waals surface area contributed by atoms with Crippen LogP contribution in [0.1, 0.15) is 18.9 Å². The highest BCUT2D eigenvalue weighted by Crippen LogP contribution is 2.19. The third-order valence-corrected chi connectivity index (χ3v) is 5.46. The number of nitrogens with two attached hydrogens (primary N) is 1. The molecule has 3 atom stereocenters. The lowest BCUT2D eigenvalue weighted by molar-refractivity contribution is -0.142. The Kier molecular flexibility index (Phi) is 9.54. The second-order valence-electron chi connectivity index (χ2n) is 7.37. The summed E-state index contributed by atoms with van der Waals surface area (Å²) in [7, 11) is 0. The predicted molar refractivity (Wildman–Crippen MR) is 123 cm³/mol. The molecule has 3 amide bonds. The second-order valence-corrected chi connectivity index (χ2v) is 8.36. The third-order valence-electron chi connectivity index (χ3n) is 4.81. The first kappa shape index (κ1) is 25.2. The number of carboxylic acid groups (broad SMARTS) is 1. The maximum atomic E-state index is 12.8. The molecular formula is C21H29N5O5S. The Balaban J connectivity index is 2.05. The number of aromatic nitrogens is 1. The highest BCUT2D eigenvalue weighted by molar-refractivity contribution is 7.98. The average Bonchev–Trinajstić information content (AvgIpc) is 3.17. The number of thioether (sulfide) groups is 1. The van der Waals surface area contributed by atoms with E-state index in [9.17, 15) is 24.3 Å². The molecule has 3 unspecified atom stereocenters. The third kappa shape index (κ3) is 7.27. The van der Waals surface area contributed by atoms with E-state index in [4.69, 9.17) is 5.73 Å². The zero-order valence-electron chi connectivity index (χ0n) is 18.0. The number of carboxylic acids is 1. The molecule has 0 aliphatic heterocycles. The van der Waals surface area contributed by atoms with Gasteiger partial charge in [0.05, 0.1) is 12.6 Å². The lowest BCUT2D eigenvalue weighted by atomic mass is 10.0. The van der Waals surface area contributed by atoms with Crippen LogP contribution in [0.2, 0.25) is 0 Å². The Morgan fingerprint density at radius 3 is 2.50 bits per heavy atom. The fourth-order valence-electron chi connectivity index (χ4n) is 3.07. The van der Waals surface area contributed by atoms with Crippen LogP contribution in [0.15, 0.2) is 30.5 Å². The molecule has 0 radical (unpaired) electrons. The van der Waals surface area contributed by atoms with Gasteiger partial charge < -0.3 is 31.8 Å². The van der Waals surface area contributed by atoms with Crippen molar-refractivity contribution < 1.29 is 24.3 Å². The van der Waals surface area contributed by atoms with Gasteiger partial charge in [-0.2, -0.15) is 11.8 Å². The SMILES string of the molecule is CSCCC(NC(=O)CNC(=O)C(C)N)C(=O)NC(Cc1c[nH]c2ccccc12)C(=O)O. The maximum Gasteiger partial charge on any atom is 0.326 e. The van der Waals surface area contributed by atoms with Gasteiger partial charge in [0, 0.05) is 23.5 Å². The summed E-state index contributed by atoms with van der Waals surface area (Å²) in [6.07, 6.45) is 3.97. The standard InChI is InChI=1S/C21H29N5O5S/c1-12(22)19(28)24-11-18(27)25-16(7-8-32-2)20(29)26-17(21(30)31)9-13-10-23-15-6-4-3-5-14(13)15/h3-6,10,12,16-17,23H,7-9,11,22H2,1-2H3,(H,24,28)(H,25,27)(H,26,29)(H,30,31). The Bertz CT molecular complexity index is 961. The number of hydrogen-bond acceptors (Lipinski definition) is 6. The number of aromatic amines is 1. The van der Waals surface area contributed by atoms with Gasteiger partial charge >= 0.3 is 5.97 Å². The number of para-hydroxylation sites is 1. The summed E-state index contributed by atoms with van der Waals surface area (Å²) in [6, 6.07) is 4.60. The van der Waals surface area contributed by atoms with E-state index in [1.165, 1.54) is 18.7 Å². The number of H-pyrrole nitrogens is 1. The number of fused-ring (bicyclic) bond motifs is 1. The van der Waals surface area contributed by atoms with E-state index in [0.717, 1.165) is 16.5 Å². The molecule has 0 aliphatic carbocycles. The summed E-state index contributed by atoms with van der Waals surface area (Å²) in [5.41, 5.74) is 7.08. The largest absolute Gasteiger partial charge is 0.480 e. The van der Waals surface area contributed by atoms with E-state index >= 15 is 0 Å². The van der Waals surface area contributed by atoms with Crippen LogP contribution >= 0.6 is 11.8 Å². The van der Waals surface area contributed by atoms with E-state index in [1.54, 1.807) is 6.20 Å². The Morgan fingerprint density at radius 1 is 1.12 bits per heavy atom. The summed E-state index contributed by atoms with van der Waals surface area (Å²) in [6.45, 7) is 1.16. The summed E-state index contributed by atoms with van der Waals surface area (Å²) in [4.78, 5) is 51.5. The monoisotopic (exact) mass is 463 g/mol. The summed E-state index contributed by atoms with van der Waals surface area (Å²) < 4.78 is 0. The van der Waals surface area contributed by atoms with Crippen molar-refractivity contribution in [1.29, 1.82) is 0 Å². The van der Waals surface area contributed by atoms with Crippen molar-refractivity contribution in [3.8, 4) is 0 Å². The van der Waals surface area contributed by atoms with Crippen LogP contribution in [0.3, 0.4) is 0 Å². The van der Waals surface area contributed by atoms with Gasteiger partial charge in [-0.15, -0.1) is 0 Å². The summed E-state index contributed by atoms with van der Waals surface area (Å²) in [5.74, 6) is -2.26. The molecule has 0 aliphatic rings. The molecule has 7 N–H and O–H groups in total. The Hall–Kier alpha value is -3.05. The Labute approximate surface area is 190 Å². The molecule has 32 heavy (non-hydrogen) atoms. The van der Waals surface area contributed by atoms with Crippen LogP contribution in [0.5, 0.6) is 0 Å². The smallest absolute Gasteiger partial charge is 0.326 e. The maximum absolute atomic E-state index is 12.8. The first-order valence-corrected chi connectivity index (χ1v) is 11.5. The summed E-state index contributed by atoms with van der Waals surface area (Å²) >= 11 is 1.49. The predicted octanol–water partition coefficient (Wildman–Crippen LogP) is -0.0189. The molecule has 1 aromatic carbocycles. The van der Waals surface area contributed by atoms with E-state index in [0.29, 0.717) is 12.2 Å². The first-order valence-electron chi connectivity index (χ1n) is 10.1. The number of nitrogens with one attached hydrogen (secondary N) is 4. The molecule has 2 rings (SSSR count). The average molecular weight is 464 g/mol. The van der Waals surface area contributed by atoms with Crippen molar-refractivity contribution in [3.63, 3.8) is 0 Å². The molecule has 174 valence electrons. The van der Waals surface area contributed by atoms with E-state index < -0.39 is 41.8 Å². The molecule has 11 heteroatoms. The minimum Gasteiger partial charge on any atom is -0.480 e. The molecule has 0 spiro atoms. The number of benzene rings is 1. The zero-order chi connectivity index (χ0) is 23.7. The van der Waals surface area contributed by atoms with Gasteiger partial charge in [0.15, 0.2) is 0 Å². The highest BCUT2D eigenvalue weighted by atomic mass is 32.2. The molecule has 0 fully saturated rings. The molecule has 1 heterocycles. The van der Waals surface area contributed by atoms with E-state index in [2.05, 4.69) is 20.9 Å². The minimum absolute atomic E-state index is 0.0821. The molecular weight excluding hydrogens is 434 g/mol. The highest BCUT2D eigenvalue weighted by Gasteiger charge is 2.27. The van der Waals surface area contributed by atoms with Gasteiger partial charge in [-0.25, -0.2) is 4.79 Å². The van der Waals surface area contributed by atoms with Gasteiger partial charge in [0.2, 0.25) is 17.7 Å². The fourth-order valence-corrected chi connectivity index (χ4v) is 3.54. The van der Waals surface area contributed by atoms with Crippen LogP contribution < -0.4 is 21.7 Å². The molecule has 0 saturated heterocycles. The fraction of sp³-hybridized carbons (Fsp3) is 0.429. The van der Waals surface area contributed by atoms with Crippen molar-refractivity contribution >= 4 is 46.4 Å². The number of rotatable bonds is 12. The molecule has 0 bridgehead atoms. The minimum atomic E-state index is -1.18. The van der Waals surface area contributed by atoms with Gasteiger partial charge in [-0.05, 0) is 37.0 Å². The number of amides is 3. The first-order chi connectivity index (χ1) is 15.2. The van der Waals surface area contributed by atoms with E-state index in [-0.39, 0.29) is 13.0 Å². The van der Waals surface area contributed by atoms with Crippen LogP contribution in [0, 0.1) is 0 Å². The van der Waals surface area contributed by atoms with Crippen molar-refractivity contribution in [3.05, 3.63) is 36.0 Å². The van der Waals surface area contributed by atoms with Crippen molar-refractivity contribution in [2.24, 2.45) is 5.73 Å². The number of carbonyl (C=O) groups is 4. The summed E-state index contributed by atoms with van der Waals surface area (Å²) in [5, 5.41) is 18.0. The van der Waals surface area contributed by atoms with Gasteiger partial charge in [-0.1, -0.05) is 18.2 Å². The van der Waals surface area contributed by atoms with Gasteiger partial charge in [0.1, 0.15) is 12.1 Å². The number of hydrogen-bond donors (Lipinski definition) is 6. The van der Waals surface area contributed by atoms with Crippen molar-refractivity contribution in [2.75, 3.05) is 18.6 Å². The second kappa shape index (κ2) is 12.1. The molecule has 0 saturated carbocycles. The van der Waals surface area contributed by atoms with Crippen molar-refractivity contribution in [1.82, 2.24) is 20.9 Å². The molecule has 2 aromatic rings. The molecule has 10 nitrogen and oxygen atoms in total. The quantitative estimate of drug-likeness (QED) is 0.257. The topological polar surface area (TPSA) is 166 Å². The number of carbonyl (C=O) groups excluding carboxylic acids is 3. The van der Waals surface area contributed by atoms with Crippen LogP contribution in [0.4, 0.5) is 0 Å². The van der Waals surface area contributed by atoms with Crippen LogP contribution in [0.25, 0.3) is 10.9 Å². The van der Waals surface area contributed by atoms with Crippen molar-refractivity contribution in [2.45, 2.75) is 37.9 Å². The van der Waals surface area contributed by atoms with Gasteiger partial charge in [-0.3, -0.25) is 14.4 Å². The van der Waals surface area contributed by atoms with Crippen LogP contribution in [-0.2, 0) is 25.6 Å². The zero-order valence-corrected chi connectivity index (χ0v) is 18.8. The lowest BCUT2D eigenvalue weighted by Crippen LogP contribution is -2.54.